The molecule has 0 unspecified atom stereocenters. The van der Waals surface area contributed by atoms with E-state index in [0.717, 1.165) is 94.8 Å². The first kappa shape index (κ1) is 38.4. The van der Waals surface area contributed by atoms with E-state index in [2.05, 4.69) is 126 Å². The van der Waals surface area contributed by atoms with E-state index >= 15 is 0 Å². The van der Waals surface area contributed by atoms with E-state index in [-0.39, 0.29) is 5.78 Å². The summed E-state index contributed by atoms with van der Waals surface area (Å²) >= 11 is 0. The van der Waals surface area contributed by atoms with Gasteiger partial charge in [0.15, 0.2) is 5.78 Å². The van der Waals surface area contributed by atoms with Gasteiger partial charge >= 0.3 is 0 Å². The maximum atomic E-state index is 14.0. The van der Waals surface area contributed by atoms with Crippen molar-refractivity contribution in [1.29, 1.82) is 0 Å². The van der Waals surface area contributed by atoms with Crippen LogP contribution in [0.3, 0.4) is 0 Å². The summed E-state index contributed by atoms with van der Waals surface area (Å²) in [6.45, 7) is 0. The summed E-state index contributed by atoms with van der Waals surface area (Å²) in [5, 5.41) is 4.36. The number of nitrogens with two attached hydrogens (primary N) is 1. The molecule has 3 nitrogen and oxygen atoms in total. The van der Waals surface area contributed by atoms with Gasteiger partial charge in [-0.2, -0.15) is 5.10 Å². The molecule has 3 heteroatoms. The number of hydrogen-bond acceptors (Lipinski definition) is 3. The molecular weight excluding hydrogens is 741 g/mol. The molecule has 0 amide bonds. The minimum Gasteiger partial charge on any atom is -0.323 e. The number of hydrogen-bond donors (Lipinski definition) is 1. The lowest BCUT2D eigenvalue weighted by atomic mass is 9.89. The van der Waals surface area contributed by atoms with Crippen LogP contribution in [0.2, 0.25) is 0 Å². The molecule has 0 heterocycles. The number of carbonyl (C=O) groups is 1. The molecule has 10 rings (SSSR count). The van der Waals surface area contributed by atoms with Gasteiger partial charge in [-0.15, -0.1) is 0 Å². The first-order valence-electron chi connectivity index (χ1n) is 20.5. The van der Waals surface area contributed by atoms with Crippen molar-refractivity contribution in [3.05, 3.63) is 287 Å². The molecule has 61 heavy (non-hydrogen) atoms. The second-order valence-corrected chi connectivity index (χ2v) is 14.7. The molecule has 2 N–H and O–H groups in total. The molecule has 8 aromatic rings. The Bertz CT molecular complexity index is 2750. The lowest BCUT2D eigenvalue weighted by molar-refractivity contribution is -0.108. The second-order valence-electron chi connectivity index (χ2n) is 14.7. The Hall–Kier alpha value is -8.14. The first-order chi connectivity index (χ1) is 30.2. The van der Waals surface area contributed by atoms with Crippen LogP contribution in [0, 0.1) is 0 Å². The SMILES string of the molecule is NN=C1C(c2ccccc2)=C(c2ccccc2)C(c2ccccc2)=C1c1ccccc1.O=C1C(c2ccccc2)=C(c2ccccc2)C(c2ccccc2)=C1c1ccccc1. The van der Waals surface area contributed by atoms with Crippen molar-refractivity contribution in [1.82, 2.24) is 0 Å². The molecule has 0 aliphatic heterocycles. The Morgan fingerprint density at radius 2 is 0.393 bits per heavy atom. The van der Waals surface area contributed by atoms with Gasteiger partial charge in [0, 0.05) is 44.6 Å². The van der Waals surface area contributed by atoms with E-state index in [0.29, 0.717) is 0 Å². The molecule has 0 fully saturated rings. The summed E-state index contributed by atoms with van der Waals surface area (Å²) in [7, 11) is 0. The largest absolute Gasteiger partial charge is 0.323 e. The van der Waals surface area contributed by atoms with Crippen LogP contribution < -0.4 is 5.84 Å². The van der Waals surface area contributed by atoms with Crippen LogP contribution in [0.1, 0.15) is 44.5 Å². The van der Waals surface area contributed by atoms with E-state index in [4.69, 9.17) is 5.84 Å². The summed E-state index contributed by atoms with van der Waals surface area (Å²) in [6, 6.07) is 82.3. The summed E-state index contributed by atoms with van der Waals surface area (Å²) in [5.41, 5.74) is 17.3. The second kappa shape index (κ2) is 17.8. The lowest BCUT2D eigenvalue weighted by Gasteiger charge is -2.13. The van der Waals surface area contributed by atoms with Gasteiger partial charge < -0.3 is 5.84 Å². The molecule has 0 atom stereocenters. The number of carbonyl (C=O) groups excluding carboxylic acids is 1. The molecule has 8 aromatic carbocycles. The van der Waals surface area contributed by atoms with E-state index < -0.39 is 0 Å². The van der Waals surface area contributed by atoms with Crippen LogP contribution in [-0.4, -0.2) is 11.5 Å². The van der Waals surface area contributed by atoms with E-state index in [1.807, 2.05) is 121 Å². The van der Waals surface area contributed by atoms with Crippen molar-refractivity contribution in [3.63, 3.8) is 0 Å². The number of rotatable bonds is 8. The molecular formula is C58H42N2O. The van der Waals surface area contributed by atoms with Crippen molar-refractivity contribution in [3.8, 4) is 0 Å². The smallest absolute Gasteiger partial charge is 0.195 e. The fourth-order valence-electron chi connectivity index (χ4n) is 8.45. The van der Waals surface area contributed by atoms with Gasteiger partial charge in [0.05, 0.1) is 5.71 Å². The fourth-order valence-corrected chi connectivity index (χ4v) is 8.45. The van der Waals surface area contributed by atoms with Gasteiger partial charge in [-0.05, 0) is 44.5 Å². The number of hydrazone groups is 1. The summed E-state index contributed by atoms with van der Waals surface area (Å²) in [4.78, 5) is 14.0. The molecule has 0 aromatic heterocycles. The van der Waals surface area contributed by atoms with Gasteiger partial charge in [-0.1, -0.05) is 243 Å². The summed E-state index contributed by atoms with van der Waals surface area (Å²) < 4.78 is 0. The minimum absolute atomic E-state index is 0.0742. The number of nitrogens with zero attached hydrogens (tertiary/aromatic N) is 1. The molecule has 2 aliphatic carbocycles. The van der Waals surface area contributed by atoms with Crippen molar-refractivity contribution in [2.24, 2.45) is 10.9 Å². The Kier molecular flexibility index (Phi) is 11.2. The normalized spacial score (nSPS) is 13.7. The zero-order chi connectivity index (χ0) is 41.4. The quantitative estimate of drug-likeness (QED) is 0.123. The van der Waals surface area contributed by atoms with E-state index in [1.165, 1.54) is 0 Å². The first-order valence-corrected chi connectivity index (χ1v) is 20.5. The highest BCUT2D eigenvalue weighted by molar-refractivity contribution is 6.61. The third kappa shape index (κ3) is 7.65. The number of allylic oxidation sites excluding steroid dienone is 8. The maximum Gasteiger partial charge on any atom is 0.195 e. The number of benzene rings is 8. The average Bonchev–Trinajstić information content (AvgIpc) is 3.86. The third-order valence-corrected chi connectivity index (χ3v) is 11.1. The fraction of sp³-hybridized carbons (Fsp3) is 0. The van der Waals surface area contributed by atoms with Crippen molar-refractivity contribution < 1.29 is 4.79 Å². The highest BCUT2D eigenvalue weighted by atomic mass is 16.1. The van der Waals surface area contributed by atoms with Crippen LogP contribution in [0.25, 0.3) is 44.6 Å². The lowest BCUT2D eigenvalue weighted by Crippen LogP contribution is -2.06. The Labute approximate surface area is 357 Å². The zero-order valence-electron chi connectivity index (χ0n) is 33.5. The van der Waals surface area contributed by atoms with Crippen LogP contribution in [-0.2, 0) is 4.79 Å². The predicted molar refractivity (Wildman–Crippen MR) is 255 cm³/mol. The Balaban J connectivity index is 0.000000156. The van der Waals surface area contributed by atoms with Gasteiger partial charge in [0.2, 0.25) is 0 Å². The van der Waals surface area contributed by atoms with E-state index in [1.54, 1.807) is 0 Å². The predicted octanol–water partition coefficient (Wildman–Crippen LogP) is 13.3. The van der Waals surface area contributed by atoms with Crippen molar-refractivity contribution >= 4 is 56.1 Å². The molecule has 0 spiro atoms. The molecule has 0 bridgehead atoms. The van der Waals surface area contributed by atoms with Crippen LogP contribution >= 0.6 is 0 Å². The average molecular weight is 783 g/mol. The molecule has 2 aliphatic rings. The highest BCUT2D eigenvalue weighted by Crippen LogP contribution is 2.51. The standard InChI is InChI=1S/C29H22N2.C29H20O/c30-31-29-27(23-17-9-3-10-18-23)25(21-13-5-1-6-14-21)26(22-15-7-2-8-16-22)28(29)24-19-11-4-12-20-24;30-29-27(23-17-9-3-10-18-23)25(21-13-5-1-6-14-21)26(22-15-7-2-8-16-22)28(29)24-19-11-4-12-20-24/h1-20H,30H2;1-20H. The van der Waals surface area contributed by atoms with Gasteiger partial charge in [0.1, 0.15) is 0 Å². The Morgan fingerprint density at radius 3 is 0.590 bits per heavy atom. The number of Topliss-reactive ketones (excluding diaryl/α,β-unsaturated/α-hetero) is 1. The summed E-state index contributed by atoms with van der Waals surface area (Å²) in [6.07, 6.45) is 0. The zero-order valence-corrected chi connectivity index (χ0v) is 33.5. The Morgan fingerprint density at radius 1 is 0.230 bits per heavy atom. The third-order valence-electron chi connectivity index (χ3n) is 11.1. The van der Waals surface area contributed by atoms with Crippen LogP contribution in [0.15, 0.2) is 248 Å². The van der Waals surface area contributed by atoms with Gasteiger partial charge in [-0.3, -0.25) is 4.79 Å². The molecule has 0 radical (unpaired) electrons. The van der Waals surface area contributed by atoms with Crippen molar-refractivity contribution in [2.75, 3.05) is 0 Å². The van der Waals surface area contributed by atoms with Crippen LogP contribution in [0.5, 0.6) is 0 Å². The maximum absolute atomic E-state index is 14.0. The van der Waals surface area contributed by atoms with Crippen molar-refractivity contribution in [2.45, 2.75) is 0 Å². The molecule has 0 saturated heterocycles. The minimum atomic E-state index is 0.0742. The van der Waals surface area contributed by atoms with Gasteiger partial charge in [-0.25, -0.2) is 0 Å². The van der Waals surface area contributed by atoms with Gasteiger partial charge in [0.25, 0.3) is 0 Å². The van der Waals surface area contributed by atoms with E-state index in [9.17, 15) is 4.79 Å². The molecule has 0 saturated carbocycles. The monoisotopic (exact) mass is 782 g/mol. The summed E-state index contributed by atoms with van der Waals surface area (Å²) in [5.74, 6) is 6.16. The highest BCUT2D eigenvalue weighted by Gasteiger charge is 2.36. The molecule has 290 valence electrons. The topological polar surface area (TPSA) is 55.4 Å². The van der Waals surface area contributed by atoms with Crippen LogP contribution in [0.4, 0.5) is 0 Å². The number of ketones is 1.